The Balaban J connectivity index is 2.88. The van der Waals surface area contributed by atoms with Crippen LogP contribution in [0.3, 0.4) is 0 Å². The highest BCUT2D eigenvalue weighted by molar-refractivity contribution is 7.87. The number of rotatable bonds is 3. The van der Waals surface area contributed by atoms with Gasteiger partial charge in [0.05, 0.1) is 0 Å². The van der Waals surface area contributed by atoms with Gasteiger partial charge in [0.1, 0.15) is 0 Å². The molecule has 0 aliphatic heterocycles. The molecule has 0 aromatic rings. The molecule has 1 rings (SSSR count). The molecular formula is C9H17FO3S. The van der Waals surface area contributed by atoms with Crippen LogP contribution in [0.4, 0.5) is 4.39 Å². The quantitative estimate of drug-likeness (QED) is 0.749. The molecule has 3 nitrogen and oxygen atoms in total. The molecule has 1 N–H and O–H groups in total. The Bertz CT molecular complexity index is 282. The van der Waals surface area contributed by atoms with Crippen LogP contribution in [0.5, 0.6) is 0 Å². The molecule has 0 heterocycles. The summed E-state index contributed by atoms with van der Waals surface area (Å²) in [6.07, 6.45) is 3.68. The fraction of sp³-hybridized carbons (Fsp3) is 1.00. The summed E-state index contributed by atoms with van der Waals surface area (Å²) in [6, 6.07) is 0. The number of alkyl halides is 1. The van der Waals surface area contributed by atoms with Gasteiger partial charge in [-0.25, -0.2) is 4.39 Å². The molecule has 0 saturated heterocycles. The van der Waals surface area contributed by atoms with Crippen molar-refractivity contribution in [2.75, 3.05) is 0 Å². The van der Waals surface area contributed by atoms with Crippen LogP contribution in [-0.4, -0.2) is 18.0 Å². The highest BCUT2D eigenvalue weighted by atomic mass is 32.2. The third-order valence-electron chi connectivity index (χ3n) is 3.13. The standard InChI is InChI=1S/C9H17FO3S/c1-2-9(10,14(11,12)13)8-6-4-3-5-7-8/h8H,2-7H2,1H3,(H,11,12,13). The first-order valence-electron chi connectivity index (χ1n) is 5.07. The highest BCUT2D eigenvalue weighted by Gasteiger charge is 2.48. The first-order chi connectivity index (χ1) is 6.42. The van der Waals surface area contributed by atoms with Crippen LogP contribution in [0, 0.1) is 5.92 Å². The van der Waals surface area contributed by atoms with Crippen LogP contribution in [0.2, 0.25) is 0 Å². The van der Waals surface area contributed by atoms with E-state index >= 15 is 0 Å². The first-order valence-corrected chi connectivity index (χ1v) is 6.51. The summed E-state index contributed by atoms with van der Waals surface area (Å²) < 4.78 is 44.9. The summed E-state index contributed by atoms with van der Waals surface area (Å²) in [6.45, 7) is 1.46. The maximum absolute atomic E-state index is 14.1. The van der Waals surface area contributed by atoms with Gasteiger partial charge in [0.25, 0.3) is 0 Å². The van der Waals surface area contributed by atoms with E-state index in [1.807, 2.05) is 0 Å². The monoisotopic (exact) mass is 224 g/mol. The van der Waals surface area contributed by atoms with Crippen LogP contribution >= 0.6 is 0 Å². The average Bonchev–Trinajstić information content (AvgIpc) is 2.16. The summed E-state index contributed by atoms with van der Waals surface area (Å²) >= 11 is 0. The van der Waals surface area contributed by atoms with E-state index in [0.717, 1.165) is 19.3 Å². The maximum Gasteiger partial charge on any atom is 0.300 e. The summed E-state index contributed by atoms with van der Waals surface area (Å²) in [5, 5.41) is -2.42. The van der Waals surface area contributed by atoms with Crippen molar-refractivity contribution in [3.8, 4) is 0 Å². The zero-order chi connectivity index (χ0) is 10.8. The van der Waals surface area contributed by atoms with Crippen molar-refractivity contribution in [2.45, 2.75) is 50.4 Å². The lowest BCUT2D eigenvalue weighted by Gasteiger charge is -2.32. The van der Waals surface area contributed by atoms with Gasteiger partial charge < -0.3 is 0 Å². The minimum atomic E-state index is -4.58. The molecule has 1 fully saturated rings. The van der Waals surface area contributed by atoms with Crippen molar-refractivity contribution in [3.63, 3.8) is 0 Å². The van der Waals surface area contributed by atoms with Gasteiger partial charge in [-0.15, -0.1) is 0 Å². The molecule has 1 aliphatic rings. The smallest absolute Gasteiger partial charge is 0.283 e. The van der Waals surface area contributed by atoms with Crippen molar-refractivity contribution in [1.29, 1.82) is 0 Å². The van der Waals surface area contributed by atoms with E-state index in [1.54, 1.807) is 0 Å². The Morgan fingerprint density at radius 3 is 2.21 bits per heavy atom. The fourth-order valence-electron chi connectivity index (χ4n) is 2.22. The zero-order valence-electron chi connectivity index (χ0n) is 8.37. The molecule has 1 aliphatic carbocycles. The highest BCUT2D eigenvalue weighted by Crippen LogP contribution is 2.40. The fourth-order valence-corrected chi connectivity index (χ4v) is 3.24. The van der Waals surface area contributed by atoms with E-state index in [4.69, 9.17) is 4.55 Å². The molecule has 5 heteroatoms. The van der Waals surface area contributed by atoms with Crippen molar-refractivity contribution < 1.29 is 17.4 Å². The molecule has 0 radical (unpaired) electrons. The molecule has 84 valence electrons. The minimum absolute atomic E-state index is 0.170. The summed E-state index contributed by atoms with van der Waals surface area (Å²) in [5.41, 5.74) is 0. The average molecular weight is 224 g/mol. The van der Waals surface area contributed by atoms with E-state index in [0.29, 0.717) is 12.8 Å². The third-order valence-corrected chi connectivity index (χ3v) is 4.61. The Morgan fingerprint density at radius 1 is 1.36 bits per heavy atom. The topological polar surface area (TPSA) is 54.4 Å². The van der Waals surface area contributed by atoms with Gasteiger partial charge in [0.2, 0.25) is 5.00 Å². The molecule has 0 spiro atoms. The molecule has 0 aromatic carbocycles. The van der Waals surface area contributed by atoms with Gasteiger partial charge in [-0.2, -0.15) is 8.42 Å². The summed E-state index contributed by atoms with van der Waals surface area (Å²) in [4.78, 5) is 0. The SMILES string of the molecule is CCC(F)(C1CCCCC1)S(=O)(=O)O. The van der Waals surface area contributed by atoms with E-state index < -0.39 is 21.0 Å². The van der Waals surface area contributed by atoms with E-state index in [9.17, 15) is 12.8 Å². The Hall–Kier alpha value is -0.160. The molecule has 1 saturated carbocycles. The lowest BCUT2D eigenvalue weighted by Crippen LogP contribution is -2.41. The van der Waals surface area contributed by atoms with Crippen molar-refractivity contribution in [2.24, 2.45) is 5.92 Å². The van der Waals surface area contributed by atoms with E-state index in [2.05, 4.69) is 0 Å². The molecule has 0 aromatic heterocycles. The van der Waals surface area contributed by atoms with Gasteiger partial charge in [0, 0.05) is 5.92 Å². The Morgan fingerprint density at radius 2 is 1.86 bits per heavy atom. The number of hydrogen-bond donors (Lipinski definition) is 1. The molecular weight excluding hydrogens is 207 g/mol. The largest absolute Gasteiger partial charge is 0.300 e. The van der Waals surface area contributed by atoms with Crippen LogP contribution in [0.25, 0.3) is 0 Å². The predicted molar refractivity (Wildman–Crippen MR) is 52.3 cm³/mol. The van der Waals surface area contributed by atoms with Gasteiger partial charge >= 0.3 is 10.1 Å². The second kappa shape index (κ2) is 4.14. The lowest BCUT2D eigenvalue weighted by molar-refractivity contribution is 0.120. The predicted octanol–water partition coefficient (Wildman–Crippen LogP) is 2.53. The number of hydrogen-bond acceptors (Lipinski definition) is 2. The molecule has 0 amide bonds. The van der Waals surface area contributed by atoms with Crippen LogP contribution in [0.1, 0.15) is 45.4 Å². The second-order valence-corrected chi connectivity index (χ2v) is 5.58. The first kappa shape index (κ1) is 11.9. The van der Waals surface area contributed by atoms with Crippen LogP contribution in [0.15, 0.2) is 0 Å². The third kappa shape index (κ3) is 2.08. The van der Waals surface area contributed by atoms with E-state index in [1.165, 1.54) is 6.92 Å². The van der Waals surface area contributed by atoms with E-state index in [-0.39, 0.29) is 6.42 Å². The Labute approximate surface area is 84.4 Å². The number of halogens is 1. The molecule has 0 bridgehead atoms. The van der Waals surface area contributed by atoms with Crippen LogP contribution < -0.4 is 0 Å². The van der Waals surface area contributed by atoms with Crippen molar-refractivity contribution in [3.05, 3.63) is 0 Å². The normalized spacial score (nSPS) is 24.5. The Kier molecular flexibility index (Phi) is 3.53. The van der Waals surface area contributed by atoms with Gasteiger partial charge in [-0.1, -0.05) is 26.2 Å². The minimum Gasteiger partial charge on any atom is -0.283 e. The van der Waals surface area contributed by atoms with Gasteiger partial charge in [-0.3, -0.25) is 4.55 Å². The second-order valence-electron chi connectivity index (χ2n) is 3.95. The van der Waals surface area contributed by atoms with Gasteiger partial charge in [-0.05, 0) is 19.3 Å². The lowest BCUT2D eigenvalue weighted by atomic mass is 9.84. The zero-order valence-corrected chi connectivity index (χ0v) is 9.19. The molecule has 1 atom stereocenters. The van der Waals surface area contributed by atoms with Crippen molar-refractivity contribution >= 4 is 10.1 Å². The van der Waals surface area contributed by atoms with Crippen molar-refractivity contribution in [1.82, 2.24) is 0 Å². The maximum atomic E-state index is 14.1. The van der Waals surface area contributed by atoms with Gasteiger partial charge in [0.15, 0.2) is 0 Å². The molecule has 14 heavy (non-hydrogen) atoms. The molecule has 1 unspecified atom stereocenters. The summed E-state index contributed by atoms with van der Waals surface area (Å²) in [7, 11) is -4.58. The summed E-state index contributed by atoms with van der Waals surface area (Å²) in [5.74, 6) is -0.531. The van der Waals surface area contributed by atoms with Crippen LogP contribution in [-0.2, 0) is 10.1 Å².